The fourth-order valence-corrected chi connectivity index (χ4v) is 2.26. The first-order valence-electron chi connectivity index (χ1n) is 6.67. The minimum Gasteiger partial charge on any atom is -0.265 e. The number of benzene rings is 2. The van der Waals surface area contributed by atoms with Gasteiger partial charge < -0.3 is 0 Å². The molecule has 0 amide bonds. The number of aromatic nitrogens is 2. The second-order valence-corrected chi connectivity index (χ2v) is 4.60. The van der Waals surface area contributed by atoms with E-state index in [0.717, 1.165) is 29.1 Å². The lowest BCUT2D eigenvalue weighted by Gasteiger charge is -2.03. The second kappa shape index (κ2) is 5.29. The maximum atomic E-state index is 13.0. The van der Waals surface area contributed by atoms with Crippen LogP contribution in [0.3, 0.4) is 0 Å². The van der Waals surface area contributed by atoms with Crippen LogP contribution in [0.5, 0.6) is 0 Å². The molecular weight excluding hydrogens is 251 g/mol. The van der Waals surface area contributed by atoms with Crippen molar-refractivity contribution >= 4 is 0 Å². The van der Waals surface area contributed by atoms with Gasteiger partial charge in [-0.3, -0.25) is 4.68 Å². The predicted octanol–water partition coefficient (Wildman–Crippen LogP) is 4.38. The van der Waals surface area contributed by atoms with E-state index in [4.69, 9.17) is 0 Å². The van der Waals surface area contributed by atoms with Crippen LogP contribution in [0.15, 0.2) is 60.7 Å². The Bertz CT molecular complexity index is 700. The summed E-state index contributed by atoms with van der Waals surface area (Å²) in [5.74, 6) is -0.223. The first kappa shape index (κ1) is 12.6. The SMILES string of the molecule is CCn1nc(-c2ccccc2)cc1-c1ccc(F)cc1. The number of hydrogen-bond acceptors (Lipinski definition) is 1. The first-order valence-corrected chi connectivity index (χ1v) is 6.67. The van der Waals surface area contributed by atoms with Crippen LogP contribution in [0.25, 0.3) is 22.5 Å². The van der Waals surface area contributed by atoms with Gasteiger partial charge in [0.05, 0.1) is 11.4 Å². The maximum Gasteiger partial charge on any atom is 0.123 e. The molecule has 0 radical (unpaired) electrons. The van der Waals surface area contributed by atoms with Gasteiger partial charge in [-0.2, -0.15) is 5.10 Å². The largest absolute Gasteiger partial charge is 0.265 e. The van der Waals surface area contributed by atoms with Crippen LogP contribution in [0, 0.1) is 5.82 Å². The molecule has 2 nitrogen and oxygen atoms in total. The lowest BCUT2D eigenvalue weighted by atomic mass is 10.1. The highest BCUT2D eigenvalue weighted by Crippen LogP contribution is 2.26. The minimum absolute atomic E-state index is 0.223. The highest BCUT2D eigenvalue weighted by atomic mass is 19.1. The minimum atomic E-state index is -0.223. The third-order valence-electron chi connectivity index (χ3n) is 3.29. The molecule has 100 valence electrons. The van der Waals surface area contributed by atoms with Gasteiger partial charge in [-0.15, -0.1) is 0 Å². The van der Waals surface area contributed by atoms with Gasteiger partial charge in [-0.05, 0) is 37.3 Å². The van der Waals surface area contributed by atoms with Gasteiger partial charge in [0, 0.05) is 17.7 Å². The van der Waals surface area contributed by atoms with Crippen LogP contribution in [-0.4, -0.2) is 9.78 Å². The molecule has 0 aliphatic rings. The van der Waals surface area contributed by atoms with Crippen LogP contribution in [0.1, 0.15) is 6.92 Å². The lowest BCUT2D eigenvalue weighted by molar-refractivity contribution is 0.627. The van der Waals surface area contributed by atoms with E-state index in [-0.39, 0.29) is 5.82 Å². The molecular formula is C17H15FN2. The fraction of sp³-hybridized carbons (Fsp3) is 0.118. The van der Waals surface area contributed by atoms with Crippen molar-refractivity contribution in [2.24, 2.45) is 0 Å². The van der Waals surface area contributed by atoms with Crippen LogP contribution < -0.4 is 0 Å². The highest BCUT2D eigenvalue weighted by Gasteiger charge is 2.10. The molecule has 3 aromatic rings. The van der Waals surface area contributed by atoms with Gasteiger partial charge in [0.2, 0.25) is 0 Å². The van der Waals surface area contributed by atoms with Crippen molar-refractivity contribution in [2.75, 3.05) is 0 Å². The molecule has 3 heteroatoms. The summed E-state index contributed by atoms with van der Waals surface area (Å²) < 4.78 is 15.0. The maximum absolute atomic E-state index is 13.0. The summed E-state index contributed by atoms with van der Waals surface area (Å²) in [5.41, 5.74) is 4.00. The molecule has 0 atom stereocenters. The standard InChI is InChI=1S/C17H15FN2/c1-2-20-17(14-8-10-15(18)11-9-14)12-16(19-20)13-6-4-3-5-7-13/h3-12H,2H2,1H3. The zero-order chi connectivity index (χ0) is 13.9. The lowest BCUT2D eigenvalue weighted by Crippen LogP contribution is -1.99. The van der Waals surface area contributed by atoms with Crippen LogP contribution in [-0.2, 0) is 6.54 Å². The summed E-state index contributed by atoms with van der Waals surface area (Å²) in [7, 11) is 0. The Morgan fingerprint density at radius 3 is 2.30 bits per heavy atom. The Labute approximate surface area is 117 Å². The zero-order valence-electron chi connectivity index (χ0n) is 11.3. The summed E-state index contributed by atoms with van der Waals surface area (Å²) in [6.45, 7) is 2.83. The molecule has 0 fully saturated rings. The molecule has 1 aromatic heterocycles. The molecule has 1 heterocycles. The predicted molar refractivity (Wildman–Crippen MR) is 78.7 cm³/mol. The quantitative estimate of drug-likeness (QED) is 0.688. The molecule has 0 unspecified atom stereocenters. The summed E-state index contributed by atoms with van der Waals surface area (Å²) in [6, 6.07) is 18.6. The molecule has 0 aliphatic carbocycles. The Hall–Kier alpha value is -2.42. The van der Waals surface area contributed by atoms with Gasteiger partial charge in [0.1, 0.15) is 5.82 Å². The summed E-state index contributed by atoms with van der Waals surface area (Å²) in [6.07, 6.45) is 0. The molecule has 0 bridgehead atoms. The van der Waals surface area contributed by atoms with Gasteiger partial charge >= 0.3 is 0 Å². The van der Waals surface area contributed by atoms with Crippen molar-refractivity contribution in [3.8, 4) is 22.5 Å². The topological polar surface area (TPSA) is 17.8 Å². The first-order chi connectivity index (χ1) is 9.78. The van der Waals surface area contributed by atoms with Crippen molar-refractivity contribution < 1.29 is 4.39 Å². The van der Waals surface area contributed by atoms with E-state index in [2.05, 4.69) is 12.0 Å². The van der Waals surface area contributed by atoms with Gasteiger partial charge in [-0.25, -0.2) is 4.39 Å². The third kappa shape index (κ3) is 2.35. The van der Waals surface area contributed by atoms with Gasteiger partial charge in [0.25, 0.3) is 0 Å². The zero-order valence-corrected chi connectivity index (χ0v) is 11.3. The van der Waals surface area contributed by atoms with Crippen molar-refractivity contribution in [3.63, 3.8) is 0 Å². The number of aryl methyl sites for hydroxylation is 1. The molecule has 0 saturated carbocycles. The average Bonchev–Trinajstić information content (AvgIpc) is 2.93. The molecule has 3 rings (SSSR count). The van der Waals surface area contributed by atoms with E-state index in [1.807, 2.05) is 41.1 Å². The molecule has 0 aliphatic heterocycles. The number of hydrogen-bond donors (Lipinski definition) is 0. The van der Waals surface area contributed by atoms with E-state index < -0.39 is 0 Å². The summed E-state index contributed by atoms with van der Waals surface area (Å²) in [5, 5.41) is 4.62. The smallest absolute Gasteiger partial charge is 0.123 e. The third-order valence-corrected chi connectivity index (χ3v) is 3.29. The van der Waals surface area contributed by atoms with Gasteiger partial charge in [0.15, 0.2) is 0 Å². The molecule has 0 N–H and O–H groups in total. The Morgan fingerprint density at radius 2 is 1.65 bits per heavy atom. The van der Waals surface area contributed by atoms with Crippen molar-refractivity contribution in [2.45, 2.75) is 13.5 Å². The normalized spacial score (nSPS) is 10.7. The Morgan fingerprint density at radius 1 is 0.950 bits per heavy atom. The van der Waals surface area contributed by atoms with Gasteiger partial charge in [-0.1, -0.05) is 30.3 Å². The van der Waals surface area contributed by atoms with E-state index in [9.17, 15) is 4.39 Å². The molecule has 2 aromatic carbocycles. The summed E-state index contributed by atoms with van der Waals surface area (Å²) in [4.78, 5) is 0. The summed E-state index contributed by atoms with van der Waals surface area (Å²) >= 11 is 0. The Kier molecular flexibility index (Phi) is 3.33. The number of rotatable bonds is 3. The second-order valence-electron chi connectivity index (χ2n) is 4.60. The molecule has 0 saturated heterocycles. The fourth-order valence-electron chi connectivity index (χ4n) is 2.26. The molecule has 20 heavy (non-hydrogen) atoms. The van der Waals surface area contributed by atoms with E-state index in [1.165, 1.54) is 12.1 Å². The van der Waals surface area contributed by atoms with Crippen molar-refractivity contribution in [1.29, 1.82) is 0 Å². The highest BCUT2D eigenvalue weighted by molar-refractivity contribution is 5.68. The van der Waals surface area contributed by atoms with Crippen LogP contribution in [0.4, 0.5) is 4.39 Å². The van der Waals surface area contributed by atoms with Crippen molar-refractivity contribution in [3.05, 3.63) is 66.5 Å². The number of halogens is 1. The molecule has 0 spiro atoms. The van der Waals surface area contributed by atoms with E-state index in [1.54, 1.807) is 12.1 Å². The number of nitrogens with zero attached hydrogens (tertiary/aromatic N) is 2. The van der Waals surface area contributed by atoms with E-state index in [0.29, 0.717) is 0 Å². The Balaban J connectivity index is 2.07. The monoisotopic (exact) mass is 266 g/mol. The van der Waals surface area contributed by atoms with Crippen LogP contribution >= 0.6 is 0 Å². The van der Waals surface area contributed by atoms with Crippen LogP contribution in [0.2, 0.25) is 0 Å². The van der Waals surface area contributed by atoms with Crippen molar-refractivity contribution in [1.82, 2.24) is 9.78 Å². The van der Waals surface area contributed by atoms with E-state index >= 15 is 0 Å². The average molecular weight is 266 g/mol.